The molecule has 0 radical (unpaired) electrons. The van der Waals surface area contributed by atoms with Crippen LogP contribution in [0.2, 0.25) is 0 Å². The maximum absolute atomic E-state index is 12.2. The van der Waals surface area contributed by atoms with Crippen molar-refractivity contribution in [3.05, 3.63) is 30.0 Å². The standard InChI is InChI=1S/C19H23NO5/c1-23-15-6-7-16-14(12-24-17(16)11-15)10-19(22)25-13-18(21)20-8-4-2-3-5-9-20/h6-7,11-12H,2-5,8-10,13H2,1H3. The summed E-state index contributed by atoms with van der Waals surface area (Å²) in [6.07, 6.45) is 5.97. The van der Waals surface area contributed by atoms with E-state index in [0.717, 1.165) is 49.7 Å². The van der Waals surface area contributed by atoms with Gasteiger partial charge in [-0.05, 0) is 25.0 Å². The molecule has 0 unspecified atom stereocenters. The minimum atomic E-state index is -0.429. The van der Waals surface area contributed by atoms with Crippen LogP contribution in [0.3, 0.4) is 0 Å². The normalized spacial score (nSPS) is 15.0. The third-order valence-electron chi connectivity index (χ3n) is 4.51. The summed E-state index contributed by atoms with van der Waals surface area (Å²) in [5.74, 6) is 0.151. The SMILES string of the molecule is COc1ccc2c(CC(=O)OCC(=O)N3CCCCCC3)coc2c1. The van der Waals surface area contributed by atoms with Crippen molar-refractivity contribution in [1.82, 2.24) is 4.90 Å². The van der Waals surface area contributed by atoms with E-state index in [1.165, 1.54) is 0 Å². The van der Waals surface area contributed by atoms with E-state index in [1.807, 2.05) is 12.1 Å². The number of nitrogens with zero attached hydrogens (tertiary/aromatic N) is 1. The maximum Gasteiger partial charge on any atom is 0.310 e. The van der Waals surface area contributed by atoms with Crippen LogP contribution in [0.15, 0.2) is 28.9 Å². The zero-order valence-electron chi connectivity index (χ0n) is 14.5. The summed E-state index contributed by atoms with van der Waals surface area (Å²) in [5, 5.41) is 0.844. The van der Waals surface area contributed by atoms with Gasteiger partial charge in [-0.1, -0.05) is 12.8 Å². The van der Waals surface area contributed by atoms with Gasteiger partial charge in [0.25, 0.3) is 5.91 Å². The number of furan rings is 1. The predicted octanol–water partition coefficient (Wildman–Crippen LogP) is 2.93. The molecule has 6 nitrogen and oxygen atoms in total. The molecule has 0 bridgehead atoms. The maximum atomic E-state index is 12.2. The zero-order valence-corrected chi connectivity index (χ0v) is 14.5. The van der Waals surface area contributed by atoms with Crippen LogP contribution in [0.1, 0.15) is 31.2 Å². The highest BCUT2D eigenvalue weighted by molar-refractivity contribution is 5.87. The van der Waals surface area contributed by atoms with Crippen LogP contribution < -0.4 is 4.74 Å². The van der Waals surface area contributed by atoms with Gasteiger partial charge in [-0.2, -0.15) is 0 Å². The molecule has 3 rings (SSSR count). The molecule has 0 saturated carbocycles. The lowest BCUT2D eigenvalue weighted by atomic mass is 10.1. The van der Waals surface area contributed by atoms with Crippen molar-refractivity contribution in [3.8, 4) is 5.75 Å². The molecule has 1 fully saturated rings. The molecule has 6 heteroatoms. The van der Waals surface area contributed by atoms with Crippen molar-refractivity contribution in [2.24, 2.45) is 0 Å². The first-order chi connectivity index (χ1) is 12.2. The van der Waals surface area contributed by atoms with Gasteiger partial charge in [0.2, 0.25) is 0 Å². The van der Waals surface area contributed by atoms with Gasteiger partial charge in [-0.15, -0.1) is 0 Å². The number of methoxy groups -OCH3 is 1. The smallest absolute Gasteiger partial charge is 0.310 e. The number of carbonyl (C=O) groups excluding carboxylic acids is 2. The molecule has 1 aliphatic rings. The molecule has 0 aliphatic carbocycles. The fourth-order valence-corrected chi connectivity index (χ4v) is 3.09. The summed E-state index contributed by atoms with van der Waals surface area (Å²) < 4.78 is 15.8. The average Bonchev–Trinajstić information content (AvgIpc) is 2.84. The van der Waals surface area contributed by atoms with Crippen LogP contribution in [0.25, 0.3) is 11.0 Å². The van der Waals surface area contributed by atoms with Crippen molar-refractivity contribution in [2.75, 3.05) is 26.8 Å². The molecule has 0 atom stereocenters. The molecule has 2 aromatic rings. The third kappa shape index (κ3) is 4.32. The predicted molar refractivity (Wildman–Crippen MR) is 92.5 cm³/mol. The fraction of sp³-hybridized carbons (Fsp3) is 0.474. The number of amides is 1. The van der Waals surface area contributed by atoms with Crippen molar-refractivity contribution < 1.29 is 23.5 Å². The van der Waals surface area contributed by atoms with Gasteiger partial charge in [0.15, 0.2) is 6.61 Å². The number of fused-ring (bicyclic) bond motifs is 1. The Balaban J connectivity index is 1.54. The summed E-state index contributed by atoms with van der Waals surface area (Å²) in [5.41, 5.74) is 1.40. The lowest BCUT2D eigenvalue weighted by Gasteiger charge is -2.19. The summed E-state index contributed by atoms with van der Waals surface area (Å²) in [7, 11) is 1.59. The molecule has 1 amide bonds. The highest BCUT2D eigenvalue weighted by Crippen LogP contribution is 2.26. The first-order valence-electron chi connectivity index (χ1n) is 8.65. The number of esters is 1. The summed E-state index contributed by atoms with van der Waals surface area (Å²) in [6, 6.07) is 5.44. The Morgan fingerprint density at radius 1 is 1.16 bits per heavy atom. The molecule has 25 heavy (non-hydrogen) atoms. The average molecular weight is 345 g/mol. The van der Waals surface area contributed by atoms with Gasteiger partial charge in [0, 0.05) is 30.1 Å². The number of benzene rings is 1. The lowest BCUT2D eigenvalue weighted by Crippen LogP contribution is -2.35. The van der Waals surface area contributed by atoms with E-state index in [2.05, 4.69) is 0 Å². The van der Waals surface area contributed by atoms with Gasteiger partial charge in [0.1, 0.15) is 11.3 Å². The molecular weight excluding hydrogens is 322 g/mol. The molecule has 1 aliphatic heterocycles. The molecular formula is C19H23NO5. The molecule has 1 aromatic heterocycles. The number of rotatable bonds is 5. The van der Waals surface area contributed by atoms with E-state index in [1.54, 1.807) is 24.3 Å². The summed E-state index contributed by atoms with van der Waals surface area (Å²) in [4.78, 5) is 26.0. The van der Waals surface area contributed by atoms with Gasteiger partial charge >= 0.3 is 5.97 Å². The Labute approximate surface area is 146 Å². The third-order valence-corrected chi connectivity index (χ3v) is 4.51. The van der Waals surface area contributed by atoms with Crippen molar-refractivity contribution in [2.45, 2.75) is 32.1 Å². The second-order valence-corrected chi connectivity index (χ2v) is 6.26. The zero-order chi connectivity index (χ0) is 17.6. The first-order valence-corrected chi connectivity index (χ1v) is 8.65. The van der Waals surface area contributed by atoms with E-state index in [4.69, 9.17) is 13.9 Å². The molecule has 134 valence electrons. The Kier molecular flexibility index (Phi) is 5.58. The number of hydrogen-bond acceptors (Lipinski definition) is 5. The first kappa shape index (κ1) is 17.3. The van der Waals surface area contributed by atoms with Crippen molar-refractivity contribution in [3.63, 3.8) is 0 Å². The van der Waals surface area contributed by atoms with Crippen LogP contribution in [0.4, 0.5) is 0 Å². The van der Waals surface area contributed by atoms with Crippen LogP contribution in [0, 0.1) is 0 Å². The monoisotopic (exact) mass is 345 g/mol. The fourth-order valence-electron chi connectivity index (χ4n) is 3.09. The number of carbonyl (C=O) groups is 2. The van der Waals surface area contributed by atoms with Crippen molar-refractivity contribution in [1.29, 1.82) is 0 Å². The molecule has 2 heterocycles. The van der Waals surface area contributed by atoms with Crippen LogP contribution >= 0.6 is 0 Å². The largest absolute Gasteiger partial charge is 0.497 e. The van der Waals surface area contributed by atoms with Crippen LogP contribution in [-0.2, 0) is 20.7 Å². The highest BCUT2D eigenvalue weighted by Gasteiger charge is 2.18. The van der Waals surface area contributed by atoms with Crippen LogP contribution in [-0.4, -0.2) is 43.6 Å². The lowest BCUT2D eigenvalue weighted by molar-refractivity contribution is -0.151. The summed E-state index contributed by atoms with van der Waals surface area (Å²) in [6.45, 7) is 1.32. The Morgan fingerprint density at radius 2 is 1.92 bits per heavy atom. The second kappa shape index (κ2) is 8.05. The number of ether oxygens (including phenoxy) is 2. The Bertz CT molecular complexity index is 743. The van der Waals surface area contributed by atoms with E-state index < -0.39 is 5.97 Å². The topological polar surface area (TPSA) is 69.0 Å². The number of likely N-dealkylation sites (tertiary alicyclic amines) is 1. The second-order valence-electron chi connectivity index (χ2n) is 6.26. The minimum absolute atomic E-state index is 0.0760. The van der Waals surface area contributed by atoms with E-state index in [9.17, 15) is 9.59 Å². The highest BCUT2D eigenvalue weighted by atomic mass is 16.5. The Hall–Kier alpha value is -2.50. The minimum Gasteiger partial charge on any atom is -0.497 e. The van der Waals surface area contributed by atoms with Gasteiger partial charge in [-0.3, -0.25) is 9.59 Å². The van der Waals surface area contributed by atoms with Gasteiger partial charge in [0.05, 0.1) is 19.8 Å². The quantitative estimate of drug-likeness (QED) is 0.779. The van der Waals surface area contributed by atoms with Crippen LogP contribution in [0.5, 0.6) is 5.75 Å². The van der Waals surface area contributed by atoms with Gasteiger partial charge in [-0.25, -0.2) is 0 Å². The molecule has 0 spiro atoms. The van der Waals surface area contributed by atoms with E-state index in [0.29, 0.717) is 11.3 Å². The summed E-state index contributed by atoms with van der Waals surface area (Å²) >= 11 is 0. The molecule has 1 saturated heterocycles. The molecule has 1 aromatic carbocycles. The number of hydrogen-bond donors (Lipinski definition) is 0. The Morgan fingerprint density at radius 3 is 2.64 bits per heavy atom. The van der Waals surface area contributed by atoms with E-state index in [-0.39, 0.29) is 18.9 Å². The van der Waals surface area contributed by atoms with E-state index >= 15 is 0 Å². The van der Waals surface area contributed by atoms with Gasteiger partial charge < -0.3 is 18.8 Å². The van der Waals surface area contributed by atoms with Crippen molar-refractivity contribution >= 4 is 22.8 Å². The molecule has 0 N–H and O–H groups in total.